The molecule has 3 unspecified atom stereocenters. The van der Waals surface area contributed by atoms with Gasteiger partial charge in [-0.3, -0.25) is 9.80 Å². The molecule has 0 aliphatic carbocycles. The SMILES string of the molecule is CCCC1CC(CN)(N2CCN(C(C)CC)CC2)CCO1. The Kier molecular flexibility index (Phi) is 6.48. The number of nitrogens with zero attached hydrogens (tertiary/aromatic N) is 2. The molecule has 0 aromatic carbocycles. The lowest BCUT2D eigenvalue weighted by molar-refractivity contribution is -0.0861. The Labute approximate surface area is 131 Å². The van der Waals surface area contributed by atoms with Crippen molar-refractivity contribution in [3.05, 3.63) is 0 Å². The summed E-state index contributed by atoms with van der Waals surface area (Å²) in [6.07, 6.45) is 6.27. The molecule has 2 N–H and O–H groups in total. The topological polar surface area (TPSA) is 41.7 Å². The fraction of sp³-hybridized carbons (Fsp3) is 1.00. The summed E-state index contributed by atoms with van der Waals surface area (Å²) in [5.74, 6) is 0. The van der Waals surface area contributed by atoms with Crippen LogP contribution in [-0.2, 0) is 4.74 Å². The Morgan fingerprint density at radius 2 is 1.95 bits per heavy atom. The third-order valence-electron chi connectivity index (χ3n) is 5.72. The van der Waals surface area contributed by atoms with E-state index >= 15 is 0 Å². The Morgan fingerprint density at radius 1 is 1.24 bits per heavy atom. The fourth-order valence-corrected chi connectivity index (χ4v) is 4.00. The summed E-state index contributed by atoms with van der Waals surface area (Å²) < 4.78 is 5.95. The molecule has 0 bridgehead atoms. The van der Waals surface area contributed by atoms with E-state index in [0.717, 1.165) is 26.0 Å². The largest absolute Gasteiger partial charge is 0.378 e. The molecule has 124 valence electrons. The molecule has 0 aromatic rings. The summed E-state index contributed by atoms with van der Waals surface area (Å²) in [5, 5.41) is 0. The third kappa shape index (κ3) is 3.98. The minimum atomic E-state index is 0.194. The molecule has 0 saturated carbocycles. The molecule has 21 heavy (non-hydrogen) atoms. The molecule has 4 nitrogen and oxygen atoms in total. The van der Waals surface area contributed by atoms with Crippen LogP contribution in [0.3, 0.4) is 0 Å². The Balaban J connectivity index is 1.95. The minimum Gasteiger partial charge on any atom is -0.378 e. The minimum absolute atomic E-state index is 0.194. The second kappa shape index (κ2) is 7.91. The van der Waals surface area contributed by atoms with Crippen LogP contribution in [0.5, 0.6) is 0 Å². The first kappa shape index (κ1) is 17.2. The Morgan fingerprint density at radius 3 is 2.52 bits per heavy atom. The van der Waals surface area contributed by atoms with Gasteiger partial charge in [-0.1, -0.05) is 20.3 Å². The van der Waals surface area contributed by atoms with Gasteiger partial charge in [-0.05, 0) is 32.6 Å². The molecule has 0 aromatic heterocycles. The summed E-state index contributed by atoms with van der Waals surface area (Å²) in [6, 6.07) is 0.712. The average Bonchev–Trinajstić information content (AvgIpc) is 2.54. The Bertz CT molecular complexity index is 302. The lowest BCUT2D eigenvalue weighted by Crippen LogP contribution is -2.63. The van der Waals surface area contributed by atoms with Crippen molar-refractivity contribution in [2.45, 2.75) is 70.6 Å². The van der Waals surface area contributed by atoms with E-state index in [9.17, 15) is 0 Å². The second-order valence-corrected chi connectivity index (χ2v) is 6.94. The molecular formula is C17H35N3O. The van der Waals surface area contributed by atoms with Crippen molar-refractivity contribution in [1.82, 2.24) is 9.80 Å². The van der Waals surface area contributed by atoms with Gasteiger partial charge in [0.05, 0.1) is 6.10 Å². The van der Waals surface area contributed by atoms with Crippen molar-refractivity contribution in [1.29, 1.82) is 0 Å². The zero-order valence-corrected chi connectivity index (χ0v) is 14.3. The first-order valence-corrected chi connectivity index (χ1v) is 8.96. The molecule has 2 rings (SSSR count). The second-order valence-electron chi connectivity index (χ2n) is 6.94. The summed E-state index contributed by atoms with van der Waals surface area (Å²) >= 11 is 0. The fourth-order valence-electron chi connectivity index (χ4n) is 4.00. The first-order valence-electron chi connectivity index (χ1n) is 8.96. The van der Waals surface area contributed by atoms with Crippen LogP contribution in [-0.4, -0.2) is 66.8 Å². The number of hydrogen-bond acceptors (Lipinski definition) is 4. The lowest BCUT2D eigenvalue weighted by Gasteiger charge is -2.51. The van der Waals surface area contributed by atoms with Crippen LogP contribution in [0, 0.1) is 0 Å². The number of ether oxygens (including phenoxy) is 1. The molecule has 2 fully saturated rings. The highest BCUT2D eigenvalue weighted by Crippen LogP contribution is 2.33. The Hall–Kier alpha value is -0.160. The van der Waals surface area contributed by atoms with Gasteiger partial charge >= 0.3 is 0 Å². The maximum absolute atomic E-state index is 6.24. The lowest BCUT2D eigenvalue weighted by atomic mass is 9.83. The van der Waals surface area contributed by atoms with Crippen LogP contribution in [0.25, 0.3) is 0 Å². The van der Waals surface area contributed by atoms with Crippen molar-refractivity contribution < 1.29 is 4.74 Å². The highest BCUT2D eigenvalue weighted by Gasteiger charge is 2.41. The zero-order valence-electron chi connectivity index (χ0n) is 14.3. The van der Waals surface area contributed by atoms with E-state index in [1.807, 2.05) is 0 Å². The average molecular weight is 297 g/mol. The third-order valence-corrected chi connectivity index (χ3v) is 5.72. The molecule has 0 spiro atoms. The van der Waals surface area contributed by atoms with Gasteiger partial charge in [0.1, 0.15) is 0 Å². The van der Waals surface area contributed by atoms with Gasteiger partial charge in [0, 0.05) is 50.9 Å². The van der Waals surface area contributed by atoms with Gasteiger partial charge < -0.3 is 10.5 Å². The summed E-state index contributed by atoms with van der Waals surface area (Å²) in [4.78, 5) is 5.31. The van der Waals surface area contributed by atoms with Crippen molar-refractivity contribution in [2.24, 2.45) is 5.73 Å². The van der Waals surface area contributed by atoms with E-state index in [1.165, 1.54) is 45.4 Å². The van der Waals surface area contributed by atoms with E-state index in [0.29, 0.717) is 12.1 Å². The molecule has 0 radical (unpaired) electrons. The quantitative estimate of drug-likeness (QED) is 0.815. The molecule has 3 atom stereocenters. The molecule has 2 saturated heterocycles. The molecular weight excluding hydrogens is 262 g/mol. The maximum Gasteiger partial charge on any atom is 0.0593 e. The first-order chi connectivity index (χ1) is 10.1. The number of nitrogens with two attached hydrogens (primary N) is 1. The maximum atomic E-state index is 6.24. The number of rotatable bonds is 6. The molecule has 2 heterocycles. The predicted molar refractivity (Wildman–Crippen MR) is 88.6 cm³/mol. The van der Waals surface area contributed by atoms with Crippen LogP contribution < -0.4 is 5.73 Å². The monoisotopic (exact) mass is 297 g/mol. The molecule has 2 aliphatic heterocycles. The number of piperazine rings is 1. The molecule has 2 aliphatic rings. The molecule has 4 heteroatoms. The standard InChI is InChI=1S/C17H35N3O/c1-4-6-16-13-17(14-18,7-12-21-16)20-10-8-19(9-11-20)15(3)5-2/h15-16H,4-14,18H2,1-3H3. The van der Waals surface area contributed by atoms with Gasteiger partial charge in [0.2, 0.25) is 0 Å². The summed E-state index contributed by atoms with van der Waals surface area (Å²) in [6.45, 7) is 13.2. The van der Waals surface area contributed by atoms with Crippen LogP contribution >= 0.6 is 0 Å². The smallest absolute Gasteiger partial charge is 0.0593 e. The highest BCUT2D eigenvalue weighted by molar-refractivity contribution is 4.98. The van der Waals surface area contributed by atoms with E-state index in [1.54, 1.807) is 0 Å². The highest BCUT2D eigenvalue weighted by atomic mass is 16.5. The van der Waals surface area contributed by atoms with Crippen LogP contribution in [0.4, 0.5) is 0 Å². The van der Waals surface area contributed by atoms with Crippen LogP contribution in [0.2, 0.25) is 0 Å². The van der Waals surface area contributed by atoms with Gasteiger partial charge in [-0.2, -0.15) is 0 Å². The summed E-state index contributed by atoms with van der Waals surface area (Å²) in [5.41, 5.74) is 6.43. The van der Waals surface area contributed by atoms with Crippen molar-refractivity contribution in [3.8, 4) is 0 Å². The van der Waals surface area contributed by atoms with Gasteiger partial charge in [0.25, 0.3) is 0 Å². The van der Waals surface area contributed by atoms with Crippen LogP contribution in [0.15, 0.2) is 0 Å². The van der Waals surface area contributed by atoms with Crippen molar-refractivity contribution >= 4 is 0 Å². The van der Waals surface area contributed by atoms with Crippen molar-refractivity contribution in [3.63, 3.8) is 0 Å². The van der Waals surface area contributed by atoms with Crippen molar-refractivity contribution in [2.75, 3.05) is 39.3 Å². The van der Waals surface area contributed by atoms with E-state index in [2.05, 4.69) is 30.6 Å². The van der Waals surface area contributed by atoms with E-state index < -0.39 is 0 Å². The van der Waals surface area contributed by atoms with Gasteiger partial charge in [-0.15, -0.1) is 0 Å². The number of hydrogen-bond donors (Lipinski definition) is 1. The zero-order chi connectivity index (χ0) is 15.3. The van der Waals surface area contributed by atoms with Gasteiger partial charge in [0.15, 0.2) is 0 Å². The predicted octanol–water partition coefficient (Wildman–Crippen LogP) is 2.08. The summed E-state index contributed by atoms with van der Waals surface area (Å²) in [7, 11) is 0. The molecule has 0 amide bonds. The van der Waals surface area contributed by atoms with E-state index in [4.69, 9.17) is 10.5 Å². The van der Waals surface area contributed by atoms with Crippen LogP contribution in [0.1, 0.15) is 52.9 Å². The van der Waals surface area contributed by atoms with Gasteiger partial charge in [-0.25, -0.2) is 0 Å². The van der Waals surface area contributed by atoms with E-state index in [-0.39, 0.29) is 5.54 Å². The normalized spacial score (nSPS) is 34.0.